The molecule has 7 nitrogen and oxygen atoms in total. The Morgan fingerprint density at radius 2 is 1.92 bits per heavy atom. The first-order chi connectivity index (χ1) is 12.7. The SMILES string of the molecule is COc1cccc(-c2nnc(C(=O)NCCc3ccccc3OC)o2)c1. The van der Waals surface area contributed by atoms with Gasteiger partial charge in [0.05, 0.1) is 14.2 Å². The molecule has 2 aromatic carbocycles. The first kappa shape index (κ1) is 17.5. The Hall–Kier alpha value is -3.35. The van der Waals surface area contributed by atoms with Gasteiger partial charge in [-0.3, -0.25) is 4.79 Å². The highest BCUT2D eigenvalue weighted by molar-refractivity contribution is 5.89. The van der Waals surface area contributed by atoms with Crippen molar-refractivity contribution in [2.24, 2.45) is 0 Å². The Morgan fingerprint density at radius 1 is 1.08 bits per heavy atom. The minimum absolute atomic E-state index is 0.0807. The smallest absolute Gasteiger partial charge is 0.308 e. The van der Waals surface area contributed by atoms with Gasteiger partial charge in [0.2, 0.25) is 5.89 Å². The van der Waals surface area contributed by atoms with E-state index in [2.05, 4.69) is 15.5 Å². The predicted octanol–water partition coefficient (Wildman–Crippen LogP) is 2.73. The summed E-state index contributed by atoms with van der Waals surface area (Å²) in [5, 5.41) is 10.5. The summed E-state index contributed by atoms with van der Waals surface area (Å²) in [4.78, 5) is 12.2. The lowest BCUT2D eigenvalue weighted by molar-refractivity contribution is 0.0920. The molecule has 0 aliphatic heterocycles. The zero-order valence-electron chi connectivity index (χ0n) is 14.6. The van der Waals surface area contributed by atoms with E-state index in [9.17, 15) is 4.79 Å². The number of carbonyl (C=O) groups is 1. The van der Waals surface area contributed by atoms with Gasteiger partial charge in [0.25, 0.3) is 0 Å². The van der Waals surface area contributed by atoms with Gasteiger partial charge in [0, 0.05) is 12.1 Å². The van der Waals surface area contributed by atoms with Crippen LogP contribution in [0.2, 0.25) is 0 Å². The molecule has 0 saturated heterocycles. The van der Waals surface area contributed by atoms with Crippen LogP contribution in [0, 0.1) is 0 Å². The molecule has 3 rings (SSSR count). The summed E-state index contributed by atoms with van der Waals surface area (Å²) in [6, 6.07) is 14.9. The number of nitrogens with zero attached hydrogens (tertiary/aromatic N) is 2. The number of benzene rings is 2. The van der Waals surface area contributed by atoms with Crippen molar-refractivity contribution in [2.75, 3.05) is 20.8 Å². The predicted molar refractivity (Wildman–Crippen MR) is 95.3 cm³/mol. The van der Waals surface area contributed by atoms with Crippen molar-refractivity contribution in [1.29, 1.82) is 0 Å². The number of methoxy groups -OCH3 is 2. The summed E-state index contributed by atoms with van der Waals surface area (Å²) in [6.07, 6.45) is 0.632. The quantitative estimate of drug-likeness (QED) is 0.703. The Morgan fingerprint density at radius 3 is 2.73 bits per heavy atom. The zero-order valence-corrected chi connectivity index (χ0v) is 14.6. The summed E-state index contributed by atoms with van der Waals surface area (Å²) in [5.74, 6) is 1.23. The van der Waals surface area contributed by atoms with E-state index < -0.39 is 5.91 Å². The maximum atomic E-state index is 12.2. The van der Waals surface area contributed by atoms with Crippen LogP contribution in [-0.2, 0) is 6.42 Å². The molecule has 3 aromatic rings. The van der Waals surface area contributed by atoms with Crippen molar-refractivity contribution in [2.45, 2.75) is 6.42 Å². The molecule has 7 heteroatoms. The van der Waals surface area contributed by atoms with Crippen molar-refractivity contribution in [3.63, 3.8) is 0 Å². The first-order valence-corrected chi connectivity index (χ1v) is 8.09. The lowest BCUT2D eigenvalue weighted by Crippen LogP contribution is -2.26. The topological polar surface area (TPSA) is 86.5 Å². The van der Waals surface area contributed by atoms with E-state index in [1.54, 1.807) is 26.4 Å². The molecular formula is C19H19N3O4. The molecule has 0 aliphatic carbocycles. The van der Waals surface area contributed by atoms with Gasteiger partial charge < -0.3 is 19.2 Å². The van der Waals surface area contributed by atoms with E-state index in [-0.39, 0.29) is 11.8 Å². The number of rotatable bonds is 7. The number of amides is 1. The van der Waals surface area contributed by atoms with Crippen molar-refractivity contribution in [1.82, 2.24) is 15.5 Å². The molecule has 1 aromatic heterocycles. The molecule has 1 N–H and O–H groups in total. The molecule has 0 unspecified atom stereocenters. The van der Waals surface area contributed by atoms with Crippen LogP contribution in [0.4, 0.5) is 0 Å². The van der Waals surface area contributed by atoms with E-state index in [0.717, 1.165) is 11.3 Å². The van der Waals surface area contributed by atoms with Crippen LogP contribution in [-0.4, -0.2) is 36.9 Å². The highest BCUT2D eigenvalue weighted by Crippen LogP contribution is 2.22. The standard InChI is InChI=1S/C19H19N3O4/c1-24-15-8-5-7-14(12-15)18-21-22-19(26-18)17(23)20-11-10-13-6-3-4-9-16(13)25-2/h3-9,12H,10-11H2,1-2H3,(H,20,23). The number of nitrogens with one attached hydrogen (secondary N) is 1. The van der Waals surface area contributed by atoms with Crippen molar-refractivity contribution >= 4 is 5.91 Å². The third-order valence-corrected chi connectivity index (χ3v) is 3.81. The van der Waals surface area contributed by atoms with Gasteiger partial charge in [-0.05, 0) is 36.2 Å². The Kier molecular flexibility index (Phi) is 5.48. The fraction of sp³-hybridized carbons (Fsp3) is 0.211. The van der Waals surface area contributed by atoms with E-state index in [0.29, 0.717) is 24.3 Å². The van der Waals surface area contributed by atoms with Crippen LogP contribution in [0.3, 0.4) is 0 Å². The summed E-state index contributed by atoms with van der Waals surface area (Å²) in [7, 11) is 3.20. The Balaban J connectivity index is 1.61. The number of para-hydroxylation sites is 1. The maximum Gasteiger partial charge on any atom is 0.308 e. The van der Waals surface area contributed by atoms with Crippen LogP contribution < -0.4 is 14.8 Å². The molecule has 26 heavy (non-hydrogen) atoms. The van der Waals surface area contributed by atoms with E-state index in [1.165, 1.54) is 0 Å². The normalized spacial score (nSPS) is 10.4. The third-order valence-electron chi connectivity index (χ3n) is 3.81. The van der Waals surface area contributed by atoms with Crippen molar-refractivity contribution in [3.8, 4) is 23.0 Å². The summed E-state index contributed by atoms with van der Waals surface area (Å²) in [5.41, 5.74) is 1.70. The summed E-state index contributed by atoms with van der Waals surface area (Å²) >= 11 is 0. The number of carbonyl (C=O) groups excluding carboxylic acids is 1. The van der Waals surface area contributed by atoms with Gasteiger partial charge in [-0.2, -0.15) is 0 Å². The summed E-state index contributed by atoms with van der Waals surface area (Å²) in [6.45, 7) is 0.427. The van der Waals surface area contributed by atoms with Crippen LogP contribution in [0.5, 0.6) is 11.5 Å². The molecule has 1 heterocycles. The van der Waals surface area contributed by atoms with Crippen LogP contribution >= 0.6 is 0 Å². The van der Waals surface area contributed by atoms with Gasteiger partial charge in [-0.1, -0.05) is 24.3 Å². The van der Waals surface area contributed by atoms with Crippen LogP contribution in [0.25, 0.3) is 11.5 Å². The Labute approximate surface area is 151 Å². The number of aromatic nitrogens is 2. The molecule has 1 amide bonds. The second-order valence-electron chi connectivity index (χ2n) is 5.46. The lowest BCUT2D eigenvalue weighted by atomic mass is 10.1. The fourth-order valence-electron chi connectivity index (χ4n) is 2.48. The largest absolute Gasteiger partial charge is 0.497 e. The van der Waals surface area contributed by atoms with Gasteiger partial charge in [0.15, 0.2) is 0 Å². The molecule has 0 aliphatic rings. The number of hydrogen-bond acceptors (Lipinski definition) is 6. The highest BCUT2D eigenvalue weighted by atomic mass is 16.5. The van der Waals surface area contributed by atoms with Crippen molar-refractivity contribution in [3.05, 3.63) is 60.0 Å². The second kappa shape index (κ2) is 8.15. The molecular weight excluding hydrogens is 334 g/mol. The maximum absolute atomic E-state index is 12.2. The van der Waals surface area contributed by atoms with E-state index in [4.69, 9.17) is 13.9 Å². The molecule has 0 bridgehead atoms. The molecule has 0 saturated carbocycles. The first-order valence-electron chi connectivity index (χ1n) is 8.09. The van der Waals surface area contributed by atoms with Gasteiger partial charge in [0.1, 0.15) is 11.5 Å². The molecule has 134 valence electrons. The van der Waals surface area contributed by atoms with Crippen LogP contribution in [0.15, 0.2) is 52.9 Å². The van der Waals surface area contributed by atoms with Crippen LogP contribution in [0.1, 0.15) is 16.2 Å². The number of hydrogen-bond donors (Lipinski definition) is 1. The third kappa shape index (κ3) is 4.00. The average Bonchev–Trinajstić information content (AvgIpc) is 3.19. The monoisotopic (exact) mass is 353 g/mol. The number of ether oxygens (including phenoxy) is 2. The van der Waals surface area contributed by atoms with Gasteiger partial charge in [-0.15, -0.1) is 10.2 Å². The fourth-order valence-corrected chi connectivity index (χ4v) is 2.48. The molecule has 0 spiro atoms. The Bertz CT molecular complexity index is 892. The average molecular weight is 353 g/mol. The minimum Gasteiger partial charge on any atom is -0.497 e. The summed E-state index contributed by atoms with van der Waals surface area (Å²) < 4.78 is 15.9. The molecule has 0 radical (unpaired) electrons. The molecule has 0 fully saturated rings. The van der Waals surface area contributed by atoms with E-state index in [1.807, 2.05) is 36.4 Å². The highest BCUT2D eigenvalue weighted by Gasteiger charge is 2.16. The lowest BCUT2D eigenvalue weighted by Gasteiger charge is -2.08. The van der Waals surface area contributed by atoms with Crippen molar-refractivity contribution < 1.29 is 18.7 Å². The zero-order chi connectivity index (χ0) is 18.4. The van der Waals surface area contributed by atoms with Gasteiger partial charge >= 0.3 is 11.8 Å². The van der Waals surface area contributed by atoms with Gasteiger partial charge in [-0.25, -0.2) is 0 Å². The minimum atomic E-state index is -0.415. The second-order valence-corrected chi connectivity index (χ2v) is 5.46. The van der Waals surface area contributed by atoms with E-state index >= 15 is 0 Å². The molecule has 0 atom stereocenters.